The third-order valence-electron chi connectivity index (χ3n) is 4.79. The lowest BCUT2D eigenvalue weighted by molar-refractivity contribution is -0.135. The van der Waals surface area contributed by atoms with Crippen molar-refractivity contribution in [3.8, 4) is 17.3 Å². The normalized spacial score (nSPS) is 10.8. The molecule has 2 amide bonds. The summed E-state index contributed by atoms with van der Waals surface area (Å²) in [6, 6.07) is 6.58. The highest BCUT2D eigenvalue weighted by molar-refractivity contribution is 6.05. The number of aromatic hydroxyl groups is 2. The summed E-state index contributed by atoms with van der Waals surface area (Å²) in [5.41, 5.74) is -1.53. The van der Waals surface area contributed by atoms with E-state index in [1.807, 2.05) is 32.2 Å². The molecule has 0 fully saturated rings. The van der Waals surface area contributed by atoms with Crippen LogP contribution in [0.15, 0.2) is 29.1 Å². The lowest BCUT2D eigenvalue weighted by Crippen LogP contribution is -2.36. The number of aromatic nitrogens is 1. The van der Waals surface area contributed by atoms with Gasteiger partial charge >= 0.3 is 5.97 Å². The van der Waals surface area contributed by atoms with Crippen molar-refractivity contribution < 1.29 is 29.7 Å². The summed E-state index contributed by atoms with van der Waals surface area (Å²) in [6.45, 7) is 5.20. The first-order valence-electron chi connectivity index (χ1n) is 10.2. The maximum Gasteiger partial charge on any atom is 0.322 e. The number of carbonyl (C=O) groups excluding carboxylic acids is 2. The number of nitrogens with zero attached hydrogens (tertiary/aromatic N) is 1. The Morgan fingerprint density at radius 1 is 1.06 bits per heavy atom. The van der Waals surface area contributed by atoms with Gasteiger partial charge in [-0.1, -0.05) is 39.3 Å². The second-order valence-corrected chi connectivity index (χ2v) is 7.50. The molecule has 10 heteroatoms. The smallest absolute Gasteiger partial charge is 0.322 e. The Labute approximate surface area is 184 Å². The number of hydrogen-bond donors (Lipinski definition) is 5. The molecule has 0 aliphatic rings. The van der Waals surface area contributed by atoms with E-state index >= 15 is 0 Å². The molecule has 0 spiro atoms. The average Bonchev–Trinajstić information content (AvgIpc) is 2.72. The van der Waals surface area contributed by atoms with Crippen LogP contribution in [0.1, 0.15) is 65.8 Å². The molecule has 0 saturated heterocycles. The molecular formula is C22H27N3O7. The lowest BCUT2D eigenvalue weighted by atomic mass is 10.0. The number of carboxylic acids is 1. The van der Waals surface area contributed by atoms with Crippen LogP contribution in [0.3, 0.4) is 0 Å². The molecular weight excluding hydrogens is 418 g/mol. The van der Waals surface area contributed by atoms with Gasteiger partial charge in [-0.25, -0.2) is 4.57 Å². The highest BCUT2D eigenvalue weighted by Crippen LogP contribution is 2.31. The zero-order valence-electron chi connectivity index (χ0n) is 18.1. The predicted molar refractivity (Wildman–Crippen MR) is 117 cm³/mol. The summed E-state index contributed by atoms with van der Waals surface area (Å²) in [7, 11) is 0. The van der Waals surface area contributed by atoms with E-state index in [0.717, 1.165) is 16.6 Å². The zero-order valence-corrected chi connectivity index (χ0v) is 18.1. The fourth-order valence-corrected chi connectivity index (χ4v) is 3.04. The molecule has 0 bridgehead atoms. The van der Waals surface area contributed by atoms with E-state index in [9.17, 15) is 29.4 Å². The minimum atomic E-state index is -1.35. The standard InChI is InChI=1S/C22H27N3O7/c1-4-5-9-23-19(29)16-18(28)17(20(30)24-11-15(26)27)22(32)25(21(16)31)14-8-6-7-13(10-14)12(2)3/h6-8,10,12,28,32H,4-5,9,11H2,1-3H3,(H,23,29)(H,24,30)(H,26,27). The number of amides is 2. The molecule has 2 rings (SSSR count). The van der Waals surface area contributed by atoms with Gasteiger partial charge in [0.15, 0.2) is 5.75 Å². The number of unbranched alkanes of at least 4 members (excludes halogenated alkanes) is 1. The quantitative estimate of drug-likeness (QED) is 0.368. The van der Waals surface area contributed by atoms with Crippen molar-refractivity contribution in [2.45, 2.75) is 39.5 Å². The van der Waals surface area contributed by atoms with Crippen molar-refractivity contribution in [2.75, 3.05) is 13.1 Å². The Hall–Kier alpha value is -3.82. The largest absolute Gasteiger partial charge is 0.506 e. The third kappa shape index (κ3) is 5.26. The lowest BCUT2D eigenvalue weighted by Gasteiger charge is -2.17. The van der Waals surface area contributed by atoms with Crippen LogP contribution in [-0.4, -0.2) is 50.8 Å². The maximum atomic E-state index is 13.2. The highest BCUT2D eigenvalue weighted by Gasteiger charge is 2.30. The van der Waals surface area contributed by atoms with Gasteiger partial charge in [0.25, 0.3) is 17.4 Å². The van der Waals surface area contributed by atoms with Crippen LogP contribution < -0.4 is 16.2 Å². The number of aliphatic carboxylic acids is 1. The van der Waals surface area contributed by atoms with Gasteiger partial charge in [0.05, 0.1) is 5.69 Å². The number of carbonyl (C=O) groups is 3. The van der Waals surface area contributed by atoms with Gasteiger partial charge in [-0.15, -0.1) is 0 Å². The van der Waals surface area contributed by atoms with Crippen LogP contribution in [0.5, 0.6) is 11.6 Å². The van der Waals surface area contributed by atoms with Gasteiger partial charge in [-0.2, -0.15) is 0 Å². The Morgan fingerprint density at radius 3 is 2.31 bits per heavy atom. The van der Waals surface area contributed by atoms with Crippen molar-refractivity contribution in [1.29, 1.82) is 0 Å². The molecule has 5 N–H and O–H groups in total. The van der Waals surface area contributed by atoms with Gasteiger partial charge in [0, 0.05) is 6.54 Å². The zero-order chi connectivity index (χ0) is 24.0. The van der Waals surface area contributed by atoms with Gasteiger partial charge < -0.3 is 26.0 Å². The Bertz CT molecular complexity index is 1090. The van der Waals surface area contributed by atoms with Crippen molar-refractivity contribution >= 4 is 17.8 Å². The summed E-state index contributed by atoms with van der Waals surface area (Å²) in [6.07, 6.45) is 1.40. The molecule has 2 aromatic rings. The fraction of sp³-hybridized carbons (Fsp3) is 0.364. The predicted octanol–water partition coefficient (Wildman–Crippen LogP) is 1.72. The second kappa shape index (κ2) is 10.5. The summed E-state index contributed by atoms with van der Waals surface area (Å²) in [4.78, 5) is 49.2. The van der Waals surface area contributed by atoms with E-state index in [1.165, 1.54) is 6.07 Å². The molecule has 0 atom stereocenters. The van der Waals surface area contributed by atoms with Crippen molar-refractivity contribution in [2.24, 2.45) is 0 Å². The number of carboxylic acid groups (broad SMARTS) is 1. The molecule has 0 aliphatic heterocycles. The van der Waals surface area contributed by atoms with Crippen molar-refractivity contribution in [3.63, 3.8) is 0 Å². The Balaban J connectivity index is 2.76. The Kier molecular flexibility index (Phi) is 8.00. The average molecular weight is 445 g/mol. The molecule has 1 aromatic carbocycles. The van der Waals surface area contributed by atoms with Gasteiger partial charge in [-0.05, 0) is 30.0 Å². The van der Waals surface area contributed by atoms with Crippen LogP contribution in [0.4, 0.5) is 0 Å². The molecule has 0 aliphatic carbocycles. The van der Waals surface area contributed by atoms with E-state index in [1.54, 1.807) is 12.1 Å². The van der Waals surface area contributed by atoms with E-state index in [0.29, 0.717) is 6.42 Å². The van der Waals surface area contributed by atoms with Gasteiger partial charge in [0.1, 0.15) is 17.7 Å². The second-order valence-electron chi connectivity index (χ2n) is 7.50. The van der Waals surface area contributed by atoms with Crippen molar-refractivity contribution in [3.05, 3.63) is 51.3 Å². The van der Waals surface area contributed by atoms with Crippen LogP contribution in [0, 0.1) is 0 Å². The monoisotopic (exact) mass is 445 g/mol. The van der Waals surface area contributed by atoms with Gasteiger partial charge in [-0.3, -0.25) is 19.2 Å². The van der Waals surface area contributed by atoms with E-state index in [-0.39, 0.29) is 18.2 Å². The highest BCUT2D eigenvalue weighted by atomic mass is 16.4. The first-order valence-corrected chi connectivity index (χ1v) is 10.2. The van der Waals surface area contributed by atoms with E-state index < -0.39 is 52.6 Å². The number of benzene rings is 1. The molecule has 32 heavy (non-hydrogen) atoms. The van der Waals surface area contributed by atoms with E-state index in [4.69, 9.17) is 5.11 Å². The molecule has 1 heterocycles. The molecule has 0 unspecified atom stereocenters. The van der Waals surface area contributed by atoms with Crippen LogP contribution in [-0.2, 0) is 4.79 Å². The summed E-state index contributed by atoms with van der Waals surface area (Å²) < 4.78 is 0.746. The summed E-state index contributed by atoms with van der Waals surface area (Å²) >= 11 is 0. The first kappa shape index (κ1) is 24.4. The summed E-state index contributed by atoms with van der Waals surface area (Å²) in [5, 5.41) is 34.7. The minimum Gasteiger partial charge on any atom is -0.506 e. The number of nitrogens with one attached hydrogen (secondary N) is 2. The molecule has 1 aromatic heterocycles. The molecule has 172 valence electrons. The van der Waals surface area contributed by atoms with Crippen LogP contribution in [0.2, 0.25) is 0 Å². The van der Waals surface area contributed by atoms with Gasteiger partial charge in [0.2, 0.25) is 5.88 Å². The maximum absolute atomic E-state index is 13.2. The summed E-state index contributed by atoms with van der Waals surface area (Å²) in [5.74, 6) is -5.28. The van der Waals surface area contributed by atoms with Crippen LogP contribution in [0.25, 0.3) is 5.69 Å². The molecule has 10 nitrogen and oxygen atoms in total. The Morgan fingerprint density at radius 2 is 1.72 bits per heavy atom. The number of rotatable bonds is 9. The van der Waals surface area contributed by atoms with Crippen molar-refractivity contribution in [1.82, 2.24) is 15.2 Å². The topological polar surface area (TPSA) is 158 Å². The van der Waals surface area contributed by atoms with E-state index in [2.05, 4.69) is 5.32 Å². The number of pyridine rings is 1. The minimum absolute atomic E-state index is 0.0834. The first-order chi connectivity index (χ1) is 15.1. The SMILES string of the molecule is CCCCNC(=O)c1c(O)c(C(=O)NCC(=O)O)c(O)n(-c2cccc(C(C)C)c2)c1=O. The fourth-order valence-electron chi connectivity index (χ4n) is 3.04. The third-order valence-corrected chi connectivity index (χ3v) is 4.79. The molecule has 0 radical (unpaired) electrons. The molecule has 0 saturated carbocycles. The number of hydrogen-bond acceptors (Lipinski definition) is 6. The van der Waals surface area contributed by atoms with Crippen LogP contribution >= 0.6 is 0 Å².